The van der Waals surface area contributed by atoms with Crippen LogP contribution < -0.4 is 4.74 Å². The van der Waals surface area contributed by atoms with Crippen molar-refractivity contribution < 1.29 is 14.2 Å². The lowest BCUT2D eigenvalue weighted by Crippen LogP contribution is -2.44. The van der Waals surface area contributed by atoms with Crippen LogP contribution in [0.15, 0.2) is 30.3 Å². The van der Waals surface area contributed by atoms with Gasteiger partial charge in [-0.2, -0.15) is 0 Å². The van der Waals surface area contributed by atoms with E-state index in [1.165, 1.54) is 0 Å². The summed E-state index contributed by atoms with van der Waals surface area (Å²) in [6.07, 6.45) is 2.36. The number of hydrogen-bond acceptors (Lipinski definition) is 4. The largest absolute Gasteiger partial charge is 0.487 e. The minimum atomic E-state index is 0.114. The lowest BCUT2D eigenvalue weighted by atomic mass is 10.1. The standard InChI is InChI=1S/C16H23NO3/c1-2-4-15(5-3-1)20-16-12-17(8-11-19-13-16)14-6-9-18-10-7-14/h1-5,14,16H,6-13H2. The number of ether oxygens (including phenoxy) is 3. The zero-order valence-electron chi connectivity index (χ0n) is 11.9. The van der Waals surface area contributed by atoms with Crippen molar-refractivity contribution in [2.45, 2.75) is 25.0 Å². The highest BCUT2D eigenvalue weighted by Crippen LogP contribution is 2.18. The molecule has 4 nitrogen and oxygen atoms in total. The maximum atomic E-state index is 6.06. The molecule has 2 heterocycles. The van der Waals surface area contributed by atoms with Gasteiger partial charge in [-0.15, -0.1) is 0 Å². The summed E-state index contributed by atoms with van der Waals surface area (Å²) in [4.78, 5) is 2.52. The van der Waals surface area contributed by atoms with Gasteiger partial charge in [0.15, 0.2) is 0 Å². The molecule has 0 aliphatic carbocycles. The van der Waals surface area contributed by atoms with Crippen LogP contribution in [0.4, 0.5) is 0 Å². The van der Waals surface area contributed by atoms with E-state index in [0.717, 1.165) is 51.5 Å². The van der Waals surface area contributed by atoms with Gasteiger partial charge in [0.2, 0.25) is 0 Å². The van der Waals surface area contributed by atoms with Crippen molar-refractivity contribution in [3.8, 4) is 5.75 Å². The monoisotopic (exact) mass is 277 g/mol. The SMILES string of the molecule is c1ccc(OC2COCCN(C3CCOCC3)C2)cc1. The van der Waals surface area contributed by atoms with E-state index in [4.69, 9.17) is 14.2 Å². The average molecular weight is 277 g/mol. The summed E-state index contributed by atoms with van der Waals surface area (Å²) in [5, 5.41) is 0. The molecule has 0 saturated carbocycles. The van der Waals surface area contributed by atoms with Gasteiger partial charge in [0.1, 0.15) is 11.9 Å². The van der Waals surface area contributed by atoms with E-state index in [0.29, 0.717) is 12.6 Å². The van der Waals surface area contributed by atoms with Crippen molar-refractivity contribution in [1.29, 1.82) is 0 Å². The Morgan fingerprint density at radius 3 is 2.60 bits per heavy atom. The Kier molecular flexibility index (Phi) is 4.90. The molecule has 0 N–H and O–H groups in total. The molecule has 1 aromatic rings. The molecular formula is C16H23NO3. The molecule has 0 bridgehead atoms. The maximum Gasteiger partial charge on any atom is 0.135 e. The maximum absolute atomic E-state index is 6.06. The molecule has 0 aromatic heterocycles. The summed E-state index contributed by atoms with van der Waals surface area (Å²) < 4.78 is 17.2. The molecule has 2 fully saturated rings. The predicted octanol–water partition coefficient (Wildman–Crippen LogP) is 1.95. The summed E-state index contributed by atoms with van der Waals surface area (Å²) in [5.41, 5.74) is 0. The lowest BCUT2D eigenvalue weighted by Gasteiger charge is -2.34. The van der Waals surface area contributed by atoms with E-state index in [-0.39, 0.29) is 6.10 Å². The third-order valence-corrected chi connectivity index (χ3v) is 4.02. The fourth-order valence-electron chi connectivity index (χ4n) is 2.95. The molecule has 2 aliphatic heterocycles. The quantitative estimate of drug-likeness (QED) is 0.845. The highest BCUT2D eigenvalue weighted by molar-refractivity contribution is 5.21. The molecule has 0 radical (unpaired) electrons. The van der Waals surface area contributed by atoms with Crippen LogP contribution >= 0.6 is 0 Å². The second-order valence-corrected chi connectivity index (χ2v) is 5.47. The zero-order chi connectivity index (χ0) is 13.6. The van der Waals surface area contributed by atoms with Crippen LogP contribution in [0.2, 0.25) is 0 Å². The Morgan fingerprint density at radius 2 is 1.80 bits per heavy atom. The van der Waals surface area contributed by atoms with Gasteiger partial charge in [-0.25, -0.2) is 0 Å². The third-order valence-electron chi connectivity index (χ3n) is 4.02. The fourth-order valence-corrected chi connectivity index (χ4v) is 2.95. The van der Waals surface area contributed by atoms with Crippen molar-refractivity contribution in [3.63, 3.8) is 0 Å². The van der Waals surface area contributed by atoms with Gasteiger partial charge in [0.25, 0.3) is 0 Å². The molecule has 2 saturated heterocycles. The van der Waals surface area contributed by atoms with Crippen LogP contribution in [-0.2, 0) is 9.47 Å². The Morgan fingerprint density at radius 1 is 1.00 bits per heavy atom. The van der Waals surface area contributed by atoms with Gasteiger partial charge < -0.3 is 14.2 Å². The van der Waals surface area contributed by atoms with Crippen LogP contribution in [0.25, 0.3) is 0 Å². The van der Waals surface area contributed by atoms with Gasteiger partial charge in [-0.1, -0.05) is 18.2 Å². The first-order valence-corrected chi connectivity index (χ1v) is 7.53. The molecule has 20 heavy (non-hydrogen) atoms. The molecule has 1 atom stereocenters. The van der Waals surface area contributed by atoms with Crippen molar-refractivity contribution >= 4 is 0 Å². The van der Waals surface area contributed by atoms with Crippen LogP contribution in [0.5, 0.6) is 5.75 Å². The predicted molar refractivity (Wildman–Crippen MR) is 77.1 cm³/mol. The smallest absolute Gasteiger partial charge is 0.135 e. The van der Waals surface area contributed by atoms with Crippen molar-refractivity contribution in [2.24, 2.45) is 0 Å². The molecular weight excluding hydrogens is 254 g/mol. The van der Waals surface area contributed by atoms with Crippen LogP contribution in [-0.4, -0.2) is 56.6 Å². The Hall–Kier alpha value is -1.10. The topological polar surface area (TPSA) is 30.9 Å². The summed E-state index contributed by atoms with van der Waals surface area (Å²) >= 11 is 0. The van der Waals surface area contributed by atoms with Crippen LogP contribution in [0.1, 0.15) is 12.8 Å². The van der Waals surface area contributed by atoms with Gasteiger partial charge in [-0.3, -0.25) is 4.90 Å². The minimum absolute atomic E-state index is 0.114. The van der Waals surface area contributed by atoms with E-state index in [2.05, 4.69) is 4.90 Å². The number of benzene rings is 1. The van der Waals surface area contributed by atoms with E-state index in [1.54, 1.807) is 0 Å². The highest BCUT2D eigenvalue weighted by atomic mass is 16.5. The van der Waals surface area contributed by atoms with Gasteiger partial charge in [0, 0.05) is 32.3 Å². The summed E-state index contributed by atoms with van der Waals surface area (Å²) in [7, 11) is 0. The van der Waals surface area contributed by atoms with Crippen molar-refractivity contribution in [3.05, 3.63) is 30.3 Å². The molecule has 1 unspecified atom stereocenters. The second kappa shape index (κ2) is 7.07. The molecule has 2 aliphatic rings. The normalized spacial score (nSPS) is 26.1. The van der Waals surface area contributed by atoms with Gasteiger partial charge in [0.05, 0.1) is 13.2 Å². The first kappa shape index (κ1) is 13.9. The van der Waals surface area contributed by atoms with Crippen LogP contribution in [0.3, 0.4) is 0 Å². The van der Waals surface area contributed by atoms with Crippen molar-refractivity contribution in [1.82, 2.24) is 4.90 Å². The number of hydrogen-bond donors (Lipinski definition) is 0. The van der Waals surface area contributed by atoms with E-state index < -0.39 is 0 Å². The average Bonchev–Trinajstić information content (AvgIpc) is 2.75. The molecule has 0 spiro atoms. The minimum Gasteiger partial charge on any atom is -0.487 e. The fraction of sp³-hybridized carbons (Fsp3) is 0.625. The van der Waals surface area contributed by atoms with Gasteiger partial charge in [-0.05, 0) is 25.0 Å². The summed E-state index contributed by atoms with van der Waals surface area (Å²) in [6, 6.07) is 10.6. The number of nitrogens with zero attached hydrogens (tertiary/aromatic N) is 1. The lowest BCUT2D eigenvalue weighted by molar-refractivity contribution is 0.0249. The molecule has 0 amide bonds. The van der Waals surface area contributed by atoms with Gasteiger partial charge >= 0.3 is 0 Å². The zero-order valence-corrected chi connectivity index (χ0v) is 11.9. The molecule has 1 aromatic carbocycles. The summed E-state index contributed by atoms with van der Waals surface area (Å²) in [5.74, 6) is 0.926. The Bertz CT molecular complexity index is 392. The molecule has 3 rings (SSSR count). The van der Waals surface area contributed by atoms with Crippen LogP contribution in [0, 0.1) is 0 Å². The Labute approximate surface area is 120 Å². The summed E-state index contributed by atoms with van der Waals surface area (Å²) in [6.45, 7) is 5.18. The second-order valence-electron chi connectivity index (χ2n) is 5.47. The Balaban J connectivity index is 1.59. The van der Waals surface area contributed by atoms with E-state index in [9.17, 15) is 0 Å². The van der Waals surface area contributed by atoms with E-state index >= 15 is 0 Å². The first-order valence-electron chi connectivity index (χ1n) is 7.53. The number of para-hydroxylation sites is 1. The molecule has 4 heteroatoms. The van der Waals surface area contributed by atoms with Crippen molar-refractivity contribution in [2.75, 3.05) is 39.5 Å². The third kappa shape index (κ3) is 3.72. The first-order chi connectivity index (χ1) is 9.92. The molecule has 110 valence electrons. The highest BCUT2D eigenvalue weighted by Gasteiger charge is 2.27. The van der Waals surface area contributed by atoms with E-state index in [1.807, 2.05) is 30.3 Å². The number of rotatable bonds is 3.